The number of amides is 1. The van der Waals surface area contributed by atoms with Gasteiger partial charge in [-0.3, -0.25) is 4.79 Å². The maximum absolute atomic E-state index is 12.9. The number of esters is 1. The van der Waals surface area contributed by atoms with Crippen LogP contribution in [-0.4, -0.2) is 23.6 Å². The van der Waals surface area contributed by atoms with Crippen molar-refractivity contribution in [3.05, 3.63) is 142 Å². The molecule has 4 aromatic carbocycles. The van der Waals surface area contributed by atoms with Gasteiger partial charge in [-0.1, -0.05) is 84.4 Å². The molecule has 0 saturated heterocycles. The highest BCUT2D eigenvalue weighted by Gasteiger charge is 2.24. The molecule has 0 radical (unpaired) electrons. The highest BCUT2D eigenvalue weighted by atomic mass is 35.5. The molecule has 1 N–H and O–H groups in total. The Balaban J connectivity index is 1.41. The van der Waals surface area contributed by atoms with Gasteiger partial charge in [-0.2, -0.15) is 0 Å². The minimum Gasteiger partial charge on any atom is -0.465 e. The van der Waals surface area contributed by atoms with E-state index in [0.29, 0.717) is 30.0 Å². The van der Waals surface area contributed by atoms with Crippen molar-refractivity contribution in [2.45, 2.75) is 32.4 Å². The fourth-order valence-corrected chi connectivity index (χ4v) is 5.47. The number of nitrogens with zero attached hydrogens (tertiary/aromatic N) is 1. The number of halogens is 1. The van der Waals surface area contributed by atoms with Crippen LogP contribution in [0.2, 0.25) is 5.02 Å². The molecule has 0 aliphatic heterocycles. The molecule has 0 saturated carbocycles. The van der Waals surface area contributed by atoms with Crippen molar-refractivity contribution < 1.29 is 14.3 Å². The van der Waals surface area contributed by atoms with Crippen LogP contribution < -0.4 is 5.32 Å². The van der Waals surface area contributed by atoms with Crippen LogP contribution in [0.25, 0.3) is 10.9 Å². The Labute approximate surface area is 239 Å². The first-order valence-corrected chi connectivity index (χ1v) is 13.7. The van der Waals surface area contributed by atoms with Crippen molar-refractivity contribution >= 4 is 34.4 Å². The van der Waals surface area contributed by atoms with Crippen LogP contribution >= 0.6 is 11.6 Å². The first kappa shape index (κ1) is 27.2. The van der Waals surface area contributed by atoms with Crippen LogP contribution in [0, 0.1) is 6.92 Å². The number of carbonyl (C=O) groups is 2. The molecule has 5 aromatic rings. The first-order chi connectivity index (χ1) is 19.5. The fourth-order valence-electron chi connectivity index (χ4n) is 5.29. The Kier molecular flexibility index (Phi) is 8.32. The van der Waals surface area contributed by atoms with Crippen LogP contribution in [0.1, 0.15) is 50.8 Å². The van der Waals surface area contributed by atoms with Crippen molar-refractivity contribution in [2.24, 2.45) is 0 Å². The number of rotatable bonds is 9. The molecule has 40 heavy (non-hydrogen) atoms. The molecule has 6 heteroatoms. The second kappa shape index (κ2) is 12.2. The molecule has 0 atom stereocenters. The normalized spacial score (nSPS) is 11.1. The number of methoxy groups -OCH3 is 1. The first-order valence-electron chi connectivity index (χ1n) is 13.3. The van der Waals surface area contributed by atoms with Gasteiger partial charge in [0.05, 0.1) is 18.7 Å². The van der Waals surface area contributed by atoms with Gasteiger partial charge < -0.3 is 14.6 Å². The fraction of sp³-hybridized carbons (Fsp3) is 0.176. The summed E-state index contributed by atoms with van der Waals surface area (Å²) >= 11 is 6.47. The average Bonchev–Trinajstić information content (AvgIpc) is 3.26. The molecule has 1 aromatic heterocycles. The molecular formula is C34H31ClN2O3. The highest BCUT2D eigenvalue weighted by molar-refractivity contribution is 6.31. The van der Waals surface area contributed by atoms with Gasteiger partial charge in [-0.25, -0.2) is 4.79 Å². The number of fused-ring (bicyclic) bond motifs is 1. The number of ether oxygens (including phenoxy) is 1. The van der Waals surface area contributed by atoms with Crippen LogP contribution in [0.4, 0.5) is 0 Å². The average molecular weight is 551 g/mol. The molecule has 0 aliphatic carbocycles. The van der Waals surface area contributed by atoms with Gasteiger partial charge in [0.2, 0.25) is 5.91 Å². The van der Waals surface area contributed by atoms with Crippen LogP contribution in [0.15, 0.2) is 103 Å². The summed E-state index contributed by atoms with van der Waals surface area (Å²) in [4.78, 5) is 24.5. The van der Waals surface area contributed by atoms with Gasteiger partial charge in [-0.15, -0.1) is 0 Å². The maximum Gasteiger partial charge on any atom is 0.337 e. The molecule has 1 amide bonds. The molecule has 0 spiro atoms. The van der Waals surface area contributed by atoms with Gasteiger partial charge >= 0.3 is 5.97 Å². The summed E-state index contributed by atoms with van der Waals surface area (Å²) < 4.78 is 7.11. The number of aromatic nitrogens is 1. The van der Waals surface area contributed by atoms with E-state index in [1.165, 1.54) is 18.2 Å². The van der Waals surface area contributed by atoms with Gasteiger partial charge in [0.1, 0.15) is 0 Å². The Morgan fingerprint density at radius 2 is 1.50 bits per heavy atom. The monoisotopic (exact) mass is 550 g/mol. The van der Waals surface area contributed by atoms with E-state index in [2.05, 4.69) is 71.4 Å². The molecule has 0 aliphatic rings. The standard InChI is InChI=1S/C34H31ClN2O3/c1-23-29(18-20-32(38)36-22-24-13-15-27(16-14-24)34(39)40-2)30-21-28(35)17-19-31(30)37(23)33(25-9-5-3-6-10-25)26-11-7-4-8-12-26/h3-17,19,21,33H,18,20,22H2,1-2H3,(H,36,38). The van der Waals surface area contributed by atoms with Crippen molar-refractivity contribution in [1.82, 2.24) is 9.88 Å². The zero-order valence-corrected chi connectivity index (χ0v) is 23.3. The minimum absolute atomic E-state index is 0.0263. The predicted octanol–water partition coefficient (Wildman–Crippen LogP) is 7.28. The molecule has 0 fully saturated rings. The van der Waals surface area contributed by atoms with Crippen LogP contribution in [0.5, 0.6) is 0 Å². The third-order valence-corrected chi connectivity index (χ3v) is 7.53. The smallest absolute Gasteiger partial charge is 0.337 e. The molecule has 202 valence electrons. The third-order valence-electron chi connectivity index (χ3n) is 7.30. The van der Waals surface area contributed by atoms with Gasteiger partial charge in [-0.05, 0) is 65.9 Å². The zero-order valence-electron chi connectivity index (χ0n) is 22.6. The Bertz CT molecular complexity index is 1590. The van der Waals surface area contributed by atoms with E-state index in [1.807, 2.05) is 36.4 Å². The van der Waals surface area contributed by atoms with Gasteiger partial charge in [0, 0.05) is 34.6 Å². The largest absolute Gasteiger partial charge is 0.465 e. The summed E-state index contributed by atoms with van der Waals surface area (Å²) in [6.45, 7) is 2.51. The van der Waals surface area contributed by atoms with E-state index < -0.39 is 0 Å². The van der Waals surface area contributed by atoms with Gasteiger partial charge in [0.25, 0.3) is 0 Å². The van der Waals surface area contributed by atoms with E-state index in [4.69, 9.17) is 16.3 Å². The lowest BCUT2D eigenvalue weighted by molar-refractivity contribution is -0.121. The predicted molar refractivity (Wildman–Crippen MR) is 160 cm³/mol. The SMILES string of the molecule is COC(=O)c1ccc(CNC(=O)CCc2c(C)n(C(c3ccccc3)c3ccccc3)c3ccc(Cl)cc23)cc1. The number of aryl methyl sites for hydroxylation is 1. The molecular weight excluding hydrogens is 520 g/mol. The summed E-state index contributed by atoms with van der Waals surface area (Å²) in [6, 6.07) is 34.0. The van der Waals surface area contributed by atoms with Crippen LogP contribution in [-0.2, 0) is 22.5 Å². The van der Waals surface area contributed by atoms with E-state index >= 15 is 0 Å². The van der Waals surface area contributed by atoms with Crippen molar-refractivity contribution in [2.75, 3.05) is 7.11 Å². The van der Waals surface area contributed by atoms with E-state index in [1.54, 1.807) is 12.1 Å². The summed E-state index contributed by atoms with van der Waals surface area (Å²) in [5.41, 5.74) is 7.08. The lowest BCUT2D eigenvalue weighted by atomic mass is 9.98. The Hall–Kier alpha value is -4.35. The van der Waals surface area contributed by atoms with Crippen molar-refractivity contribution in [3.63, 3.8) is 0 Å². The van der Waals surface area contributed by atoms with Gasteiger partial charge in [0.15, 0.2) is 0 Å². The molecule has 0 bridgehead atoms. The number of benzene rings is 4. The highest BCUT2D eigenvalue weighted by Crippen LogP contribution is 2.37. The second-order valence-corrected chi connectivity index (χ2v) is 10.2. The maximum atomic E-state index is 12.9. The van der Waals surface area contributed by atoms with Crippen molar-refractivity contribution in [1.29, 1.82) is 0 Å². The Morgan fingerprint density at radius 1 is 0.875 bits per heavy atom. The molecule has 0 unspecified atom stereocenters. The summed E-state index contributed by atoms with van der Waals surface area (Å²) in [7, 11) is 1.35. The van der Waals surface area contributed by atoms with E-state index in [0.717, 1.165) is 27.7 Å². The van der Waals surface area contributed by atoms with E-state index in [9.17, 15) is 9.59 Å². The number of hydrogen-bond acceptors (Lipinski definition) is 3. The summed E-state index contributed by atoms with van der Waals surface area (Å²) in [6.07, 6.45) is 0.924. The lowest BCUT2D eigenvalue weighted by Crippen LogP contribution is -2.23. The number of carbonyl (C=O) groups excluding carboxylic acids is 2. The molecule has 5 nitrogen and oxygen atoms in total. The molecule has 5 rings (SSSR count). The molecule has 1 heterocycles. The lowest BCUT2D eigenvalue weighted by Gasteiger charge is -2.23. The number of hydrogen-bond donors (Lipinski definition) is 1. The quantitative estimate of drug-likeness (QED) is 0.196. The third kappa shape index (κ3) is 5.80. The zero-order chi connectivity index (χ0) is 28.1. The summed E-state index contributed by atoms with van der Waals surface area (Å²) in [5, 5.41) is 4.74. The second-order valence-electron chi connectivity index (χ2n) is 9.78. The summed E-state index contributed by atoms with van der Waals surface area (Å²) in [5.74, 6) is -0.422. The number of nitrogens with one attached hydrogen (secondary N) is 1. The topological polar surface area (TPSA) is 60.3 Å². The minimum atomic E-state index is -0.382. The van der Waals surface area contributed by atoms with E-state index in [-0.39, 0.29) is 17.9 Å². The van der Waals surface area contributed by atoms with Crippen molar-refractivity contribution in [3.8, 4) is 0 Å². The van der Waals surface area contributed by atoms with Crippen LogP contribution in [0.3, 0.4) is 0 Å². The Morgan fingerprint density at radius 3 is 2.10 bits per heavy atom.